The van der Waals surface area contributed by atoms with Gasteiger partial charge in [-0.05, 0) is 46.2 Å². The first-order chi connectivity index (χ1) is 8.36. The first kappa shape index (κ1) is 13.5. The lowest BCUT2D eigenvalue weighted by Crippen LogP contribution is -2.00. The van der Waals surface area contributed by atoms with Gasteiger partial charge in [0.15, 0.2) is 0 Å². The van der Waals surface area contributed by atoms with E-state index in [9.17, 15) is 0 Å². The van der Waals surface area contributed by atoms with Crippen molar-refractivity contribution in [2.45, 2.75) is 49.8 Å². The molecule has 0 aliphatic heterocycles. The van der Waals surface area contributed by atoms with Crippen molar-refractivity contribution in [1.82, 2.24) is 0 Å². The van der Waals surface area contributed by atoms with E-state index in [2.05, 4.69) is 40.2 Å². The van der Waals surface area contributed by atoms with Gasteiger partial charge in [-0.25, -0.2) is 0 Å². The molecule has 0 amide bonds. The van der Waals surface area contributed by atoms with Crippen LogP contribution < -0.4 is 0 Å². The first-order valence-corrected chi connectivity index (χ1v) is 8.51. The smallest absolute Gasteiger partial charge is 0.0311 e. The van der Waals surface area contributed by atoms with Gasteiger partial charge in [0.25, 0.3) is 0 Å². The normalized spacial score (nSPS) is 17.9. The third kappa shape index (κ3) is 4.67. The van der Waals surface area contributed by atoms with Gasteiger partial charge < -0.3 is 0 Å². The molecule has 0 saturated heterocycles. The van der Waals surface area contributed by atoms with Crippen molar-refractivity contribution in [3.8, 4) is 0 Å². The average molecular weight is 313 g/mol. The predicted molar refractivity (Wildman–Crippen MR) is 80.7 cm³/mol. The van der Waals surface area contributed by atoms with Crippen LogP contribution in [0.3, 0.4) is 0 Å². The molecule has 94 valence electrons. The number of halogens is 1. The molecule has 1 aliphatic rings. The Morgan fingerprint density at radius 2 is 1.76 bits per heavy atom. The molecule has 1 fully saturated rings. The quantitative estimate of drug-likeness (QED) is 0.492. The van der Waals surface area contributed by atoms with Gasteiger partial charge in [-0.15, -0.1) is 11.8 Å². The monoisotopic (exact) mass is 312 g/mol. The molecule has 0 unspecified atom stereocenters. The lowest BCUT2D eigenvalue weighted by molar-refractivity contribution is 0.450. The number of hydrogen-bond acceptors (Lipinski definition) is 1. The van der Waals surface area contributed by atoms with E-state index >= 15 is 0 Å². The van der Waals surface area contributed by atoms with Crippen LogP contribution in [0.25, 0.3) is 0 Å². The SMILES string of the molecule is Brc1ccccc1SCCC1CCCCCC1. The summed E-state index contributed by atoms with van der Waals surface area (Å²) in [6, 6.07) is 8.55. The maximum Gasteiger partial charge on any atom is 0.0311 e. The lowest BCUT2D eigenvalue weighted by Gasteiger charge is -2.13. The zero-order valence-corrected chi connectivity index (χ0v) is 12.7. The second-order valence-electron chi connectivity index (χ2n) is 4.93. The maximum atomic E-state index is 3.61. The fourth-order valence-corrected chi connectivity index (χ4v) is 4.23. The van der Waals surface area contributed by atoms with Crippen LogP contribution >= 0.6 is 27.7 Å². The van der Waals surface area contributed by atoms with Crippen molar-refractivity contribution < 1.29 is 0 Å². The van der Waals surface area contributed by atoms with E-state index in [1.54, 1.807) is 0 Å². The standard InChI is InChI=1S/C15H21BrS/c16-14-9-5-6-10-15(14)17-12-11-13-7-3-1-2-4-8-13/h5-6,9-10,13H,1-4,7-8,11-12H2. The molecule has 0 aromatic heterocycles. The fourth-order valence-electron chi connectivity index (χ4n) is 2.55. The van der Waals surface area contributed by atoms with Gasteiger partial charge in [-0.1, -0.05) is 50.7 Å². The predicted octanol–water partition coefficient (Wildman–Crippen LogP) is 5.90. The number of rotatable bonds is 4. The molecule has 2 rings (SSSR count). The summed E-state index contributed by atoms with van der Waals surface area (Å²) in [5.41, 5.74) is 0. The summed E-state index contributed by atoms with van der Waals surface area (Å²) in [5, 5.41) is 0. The van der Waals surface area contributed by atoms with Gasteiger partial charge in [0, 0.05) is 9.37 Å². The second kappa shape index (κ2) is 7.48. The summed E-state index contributed by atoms with van der Waals surface area (Å²) in [6.07, 6.45) is 10.2. The molecule has 2 heteroatoms. The molecule has 0 spiro atoms. The number of hydrogen-bond donors (Lipinski definition) is 0. The van der Waals surface area contributed by atoms with Crippen molar-refractivity contribution in [3.05, 3.63) is 28.7 Å². The molecule has 0 nitrogen and oxygen atoms in total. The van der Waals surface area contributed by atoms with E-state index < -0.39 is 0 Å². The molecule has 0 radical (unpaired) electrons. The van der Waals surface area contributed by atoms with Crippen molar-refractivity contribution in [2.24, 2.45) is 5.92 Å². The Labute approximate surface area is 118 Å². The molecule has 0 heterocycles. The molecule has 0 N–H and O–H groups in total. The molecular weight excluding hydrogens is 292 g/mol. The van der Waals surface area contributed by atoms with E-state index in [4.69, 9.17) is 0 Å². The minimum Gasteiger partial charge on any atom is -0.125 e. The highest BCUT2D eigenvalue weighted by atomic mass is 79.9. The summed E-state index contributed by atoms with van der Waals surface area (Å²) >= 11 is 5.61. The van der Waals surface area contributed by atoms with E-state index in [1.165, 1.54) is 60.1 Å². The van der Waals surface area contributed by atoms with Gasteiger partial charge in [0.05, 0.1) is 0 Å². The Hall–Kier alpha value is 0.0500. The van der Waals surface area contributed by atoms with Gasteiger partial charge >= 0.3 is 0 Å². The van der Waals surface area contributed by atoms with Crippen LogP contribution in [-0.4, -0.2) is 5.75 Å². The molecule has 1 aromatic carbocycles. The summed E-state index contributed by atoms with van der Waals surface area (Å²) in [5.74, 6) is 2.26. The minimum absolute atomic E-state index is 0.993. The van der Waals surface area contributed by atoms with Crippen LogP contribution in [0.4, 0.5) is 0 Å². The van der Waals surface area contributed by atoms with Gasteiger partial charge in [0.1, 0.15) is 0 Å². The molecule has 17 heavy (non-hydrogen) atoms. The Kier molecular flexibility index (Phi) is 5.93. The Morgan fingerprint density at radius 3 is 2.47 bits per heavy atom. The Bertz CT molecular complexity index is 329. The van der Waals surface area contributed by atoms with Crippen molar-refractivity contribution >= 4 is 27.7 Å². The molecule has 0 bridgehead atoms. The summed E-state index contributed by atoms with van der Waals surface area (Å²) < 4.78 is 1.24. The van der Waals surface area contributed by atoms with Crippen LogP contribution in [0, 0.1) is 5.92 Å². The summed E-state index contributed by atoms with van der Waals surface area (Å²) in [6.45, 7) is 0. The van der Waals surface area contributed by atoms with Gasteiger partial charge in [-0.3, -0.25) is 0 Å². The van der Waals surface area contributed by atoms with E-state index in [1.807, 2.05) is 11.8 Å². The third-order valence-electron chi connectivity index (χ3n) is 3.60. The largest absolute Gasteiger partial charge is 0.125 e. The highest BCUT2D eigenvalue weighted by Crippen LogP contribution is 2.31. The van der Waals surface area contributed by atoms with Crippen LogP contribution in [-0.2, 0) is 0 Å². The second-order valence-corrected chi connectivity index (χ2v) is 6.92. The lowest BCUT2D eigenvalue weighted by atomic mass is 9.98. The van der Waals surface area contributed by atoms with Crippen molar-refractivity contribution in [3.63, 3.8) is 0 Å². The molecule has 1 saturated carbocycles. The first-order valence-electron chi connectivity index (χ1n) is 6.73. The molecule has 1 aromatic rings. The average Bonchev–Trinajstić information content (AvgIpc) is 2.60. The number of thioether (sulfide) groups is 1. The molecule has 1 aliphatic carbocycles. The minimum atomic E-state index is 0.993. The van der Waals surface area contributed by atoms with Gasteiger partial charge in [0.2, 0.25) is 0 Å². The third-order valence-corrected chi connectivity index (χ3v) is 5.66. The van der Waals surface area contributed by atoms with Crippen LogP contribution in [0.1, 0.15) is 44.9 Å². The highest BCUT2D eigenvalue weighted by molar-refractivity contribution is 9.10. The molecule has 0 atom stereocenters. The number of benzene rings is 1. The van der Waals surface area contributed by atoms with E-state index in [0.717, 1.165) is 5.92 Å². The van der Waals surface area contributed by atoms with Crippen molar-refractivity contribution in [1.29, 1.82) is 0 Å². The zero-order chi connectivity index (χ0) is 11.9. The Morgan fingerprint density at radius 1 is 1.06 bits per heavy atom. The summed E-state index contributed by atoms with van der Waals surface area (Å²) in [4.78, 5) is 1.39. The maximum absolute atomic E-state index is 3.61. The van der Waals surface area contributed by atoms with E-state index in [0.29, 0.717) is 0 Å². The van der Waals surface area contributed by atoms with E-state index in [-0.39, 0.29) is 0 Å². The summed E-state index contributed by atoms with van der Waals surface area (Å²) in [7, 11) is 0. The van der Waals surface area contributed by atoms with Crippen molar-refractivity contribution in [2.75, 3.05) is 5.75 Å². The zero-order valence-electron chi connectivity index (χ0n) is 10.3. The van der Waals surface area contributed by atoms with Crippen LogP contribution in [0.5, 0.6) is 0 Å². The Balaban J connectivity index is 1.73. The molecular formula is C15H21BrS. The highest BCUT2D eigenvalue weighted by Gasteiger charge is 2.12. The van der Waals surface area contributed by atoms with Crippen LogP contribution in [0.2, 0.25) is 0 Å². The topological polar surface area (TPSA) is 0 Å². The van der Waals surface area contributed by atoms with Gasteiger partial charge in [-0.2, -0.15) is 0 Å². The fraction of sp³-hybridized carbons (Fsp3) is 0.600. The van der Waals surface area contributed by atoms with Crippen LogP contribution in [0.15, 0.2) is 33.6 Å².